The van der Waals surface area contributed by atoms with Gasteiger partial charge < -0.3 is 10.5 Å². The Labute approximate surface area is 102 Å². The van der Waals surface area contributed by atoms with Crippen LogP contribution in [0.5, 0.6) is 11.5 Å². The SMILES string of the molecule is Cc1ccc(Oc2cccc(CN)c2)c(C)c1. The molecule has 0 aliphatic carbocycles. The fourth-order valence-electron chi connectivity index (χ4n) is 1.78. The second-order valence-electron chi connectivity index (χ2n) is 4.22. The standard InChI is InChI=1S/C15H17NO/c1-11-6-7-15(12(2)8-11)17-14-5-3-4-13(9-14)10-16/h3-9H,10,16H2,1-2H3. The van der Waals surface area contributed by atoms with E-state index in [1.807, 2.05) is 30.3 Å². The van der Waals surface area contributed by atoms with Gasteiger partial charge in [-0.1, -0.05) is 29.8 Å². The van der Waals surface area contributed by atoms with Crippen molar-refractivity contribution >= 4 is 0 Å². The summed E-state index contributed by atoms with van der Waals surface area (Å²) in [5, 5.41) is 0. The largest absolute Gasteiger partial charge is 0.457 e. The van der Waals surface area contributed by atoms with Gasteiger partial charge in [0.15, 0.2) is 0 Å². The topological polar surface area (TPSA) is 35.2 Å². The Morgan fingerprint density at radius 1 is 1.06 bits per heavy atom. The molecule has 0 saturated heterocycles. The van der Waals surface area contributed by atoms with Gasteiger partial charge in [0, 0.05) is 6.54 Å². The van der Waals surface area contributed by atoms with Crippen LogP contribution in [-0.4, -0.2) is 0 Å². The van der Waals surface area contributed by atoms with Crippen molar-refractivity contribution < 1.29 is 4.74 Å². The summed E-state index contributed by atoms with van der Waals surface area (Å²) in [6.07, 6.45) is 0. The molecule has 2 N–H and O–H groups in total. The number of hydrogen-bond acceptors (Lipinski definition) is 2. The lowest BCUT2D eigenvalue weighted by molar-refractivity contribution is 0.478. The highest BCUT2D eigenvalue weighted by Gasteiger charge is 2.02. The maximum absolute atomic E-state index is 5.85. The normalized spacial score (nSPS) is 10.3. The van der Waals surface area contributed by atoms with Crippen LogP contribution in [0.4, 0.5) is 0 Å². The molecule has 2 aromatic carbocycles. The minimum absolute atomic E-state index is 0.532. The molecule has 0 atom stereocenters. The number of rotatable bonds is 3. The first-order valence-corrected chi connectivity index (χ1v) is 5.73. The third-order valence-electron chi connectivity index (χ3n) is 2.69. The molecule has 88 valence electrons. The maximum Gasteiger partial charge on any atom is 0.130 e. The van der Waals surface area contributed by atoms with Crippen LogP contribution in [0.1, 0.15) is 16.7 Å². The number of aryl methyl sites for hydroxylation is 2. The predicted molar refractivity (Wildman–Crippen MR) is 70.3 cm³/mol. The van der Waals surface area contributed by atoms with E-state index in [4.69, 9.17) is 10.5 Å². The van der Waals surface area contributed by atoms with E-state index in [2.05, 4.69) is 26.0 Å². The van der Waals surface area contributed by atoms with Crippen LogP contribution >= 0.6 is 0 Å². The number of ether oxygens (including phenoxy) is 1. The fourth-order valence-corrected chi connectivity index (χ4v) is 1.78. The van der Waals surface area contributed by atoms with Gasteiger partial charge >= 0.3 is 0 Å². The Bertz CT molecular complexity index is 520. The van der Waals surface area contributed by atoms with Crippen molar-refractivity contribution in [2.45, 2.75) is 20.4 Å². The number of hydrogen-bond donors (Lipinski definition) is 1. The Morgan fingerprint density at radius 3 is 2.59 bits per heavy atom. The summed E-state index contributed by atoms with van der Waals surface area (Å²) >= 11 is 0. The van der Waals surface area contributed by atoms with Crippen molar-refractivity contribution in [2.75, 3.05) is 0 Å². The molecule has 0 aliphatic heterocycles. The first-order chi connectivity index (χ1) is 8.19. The van der Waals surface area contributed by atoms with Gasteiger partial charge in [-0.3, -0.25) is 0 Å². The molecule has 0 unspecified atom stereocenters. The molecular weight excluding hydrogens is 210 g/mol. The molecule has 2 heteroatoms. The molecule has 0 spiro atoms. The molecular formula is C15H17NO. The van der Waals surface area contributed by atoms with Crippen LogP contribution in [0.3, 0.4) is 0 Å². The molecule has 0 saturated carbocycles. The second kappa shape index (κ2) is 5.02. The highest BCUT2D eigenvalue weighted by molar-refractivity contribution is 5.40. The van der Waals surface area contributed by atoms with Crippen LogP contribution in [0.15, 0.2) is 42.5 Å². The van der Waals surface area contributed by atoms with E-state index in [-0.39, 0.29) is 0 Å². The van der Waals surface area contributed by atoms with Crippen molar-refractivity contribution in [1.82, 2.24) is 0 Å². The summed E-state index contributed by atoms with van der Waals surface area (Å²) < 4.78 is 5.85. The second-order valence-corrected chi connectivity index (χ2v) is 4.22. The fraction of sp³-hybridized carbons (Fsp3) is 0.200. The number of benzene rings is 2. The Hall–Kier alpha value is -1.80. The van der Waals surface area contributed by atoms with Gasteiger partial charge in [-0.2, -0.15) is 0 Å². The van der Waals surface area contributed by atoms with E-state index < -0.39 is 0 Å². The summed E-state index contributed by atoms with van der Waals surface area (Å²) in [6, 6.07) is 14.0. The molecule has 0 heterocycles. The summed E-state index contributed by atoms with van der Waals surface area (Å²) in [6.45, 7) is 4.66. The van der Waals surface area contributed by atoms with E-state index in [0.717, 1.165) is 22.6 Å². The third-order valence-corrected chi connectivity index (χ3v) is 2.69. The zero-order valence-corrected chi connectivity index (χ0v) is 10.2. The van der Waals surface area contributed by atoms with Gasteiger partial charge in [0.2, 0.25) is 0 Å². The van der Waals surface area contributed by atoms with Crippen LogP contribution in [-0.2, 0) is 6.54 Å². The van der Waals surface area contributed by atoms with Crippen molar-refractivity contribution in [2.24, 2.45) is 5.73 Å². The van der Waals surface area contributed by atoms with Crippen molar-refractivity contribution in [3.63, 3.8) is 0 Å². The highest BCUT2D eigenvalue weighted by Crippen LogP contribution is 2.26. The Morgan fingerprint density at radius 2 is 1.88 bits per heavy atom. The van der Waals surface area contributed by atoms with E-state index >= 15 is 0 Å². The van der Waals surface area contributed by atoms with Crippen molar-refractivity contribution in [3.8, 4) is 11.5 Å². The third kappa shape index (κ3) is 2.86. The average molecular weight is 227 g/mol. The summed E-state index contributed by atoms with van der Waals surface area (Å²) in [7, 11) is 0. The van der Waals surface area contributed by atoms with Crippen LogP contribution in [0.2, 0.25) is 0 Å². The van der Waals surface area contributed by atoms with Crippen LogP contribution in [0.25, 0.3) is 0 Å². The lowest BCUT2D eigenvalue weighted by atomic mass is 10.1. The van der Waals surface area contributed by atoms with Gasteiger partial charge in [0.25, 0.3) is 0 Å². The summed E-state index contributed by atoms with van der Waals surface area (Å²) in [5.74, 6) is 1.73. The monoisotopic (exact) mass is 227 g/mol. The molecule has 0 bridgehead atoms. The van der Waals surface area contributed by atoms with Gasteiger partial charge in [0.1, 0.15) is 11.5 Å². The smallest absolute Gasteiger partial charge is 0.130 e. The minimum Gasteiger partial charge on any atom is -0.457 e. The van der Waals surface area contributed by atoms with E-state index in [9.17, 15) is 0 Å². The Balaban J connectivity index is 2.25. The molecule has 0 aromatic heterocycles. The molecule has 0 aliphatic rings. The molecule has 2 nitrogen and oxygen atoms in total. The summed E-state index contributed by atoms with van der Waals surface area (Å²) in [5.41, 5.74) is 9.07. The first kappa shape index (κ1) is 11.7. The van der Waals surface area contributed by atoms with E-state index in [1.165, 1.54) is 5.56 Å². The highest BCUT2D eigenvalue weighted by atomic mass is 16.5. The van der Waals surface area contributed by atoms with Crippen LogP contribution in [0, 0.1) is 13.8 Å². The molecule has 2 rings (SSSR count). The zero-order chi connectivity index (χ0) is 12.3. The maximum atomic E-state index is 5.85. The predicted octanol–water partition coefficient (Wildman–Crippen LogP) is 3.55. The van der Waals surface area contributed by atoms with Gasteiger partial charge in [-0.25, -0.2) is 0 Å². The van der Waals surface area contributed by atoms with Gasteiger partial charge in [-0.05, 0) is 43.2 Å². The quantitative estimate of drug-likeness (QED) is 0.870. The molecule has 17 heavy (non-hydrogen) atoms. The average Bonchev–Trinajstić information content (AvgIpc) is 2.33. The Kier molecular flexibility index (Phi) is 3.45. The van der Waals surface area contributed by atoms with Crippen molar-refractivity contribution in [3.05, 3.63) is 59.2 Å². The molecule has 0 radical (unpaired) electrons. The number of nitrogens with two attached hydrogens (primary N) is 1. The zero-order valence-electron chi connectivity index (χ0n) is 10.2. The lowest BCUT2D eigenvalue weighted by Crippen LogP contribution is -1.96. The van der Waals surface area contributed by atoms with Crippen LogP contribution < -0.4 is 10.5 Å². The van der Waals surface area contributed by atoms with E-state index in [0.29, 0.717) is 6.54 Å². The summed E-state index contributed by atoms with van der Waals surface area (Å²) in [4.78, 5) is 0. The first-order valence-electron chi connectivity index (χ1n) is 5.73. The van der Waals surface area contributed by atoms with Gasteiger partial charge in [0.05, 0.1) is 0 Å². The van der Waals surface area contributed by atoms with Crippen molar-refractivity contribution in [1.29, 1.82) is 0 Å². The minimum atomic E-state index is 0.532. The molecule has 0 fully saturated rings. The molecule has 2 aromatic rings. The van der Waals surface area contributed by atoms with Gasteiger partial charge in [-0.15, -0.1) is 0 Å². The lowest BCUT2D eigenvalue weighted by Gasteiger charge is -2.10. The molecule has 0 amide bonds. The van der Waals surface area contributed by atoms with E-state index in [1.54, 1.807) is 0 Å².